The molecule has 2 rings (SSSR count). The zero-order valence-corrected chi connectivity index (χ0v) is 16.3. The summed E-state index contributed by atoms with van der Waals surface area (Å²) < 4.78 is 78.6. The van der Waals surface area contributed by atoms with Crippen LogP contribution in [-0.2, 0) is 27.0 Å². The fourth-order valence-electron chi connectivity index (χ4n) is 2.25. The van der Waals surface area contributed by atoms with Crippen molar-refractivity contribution in [3.63, 3.8) is 0 Å². The first-order valence-electron chi connectivity index (χ1n) is 7.45. The van der Waals surface area contributed by atoms with Gasteiger partial charge >= 0.3 is 6.18 Å². The fraction of sp³-hybridized carbons (Fsp3) is 0.250. The Morgan fingerprint density at radius 1 is 1.19 bits per heavy atom. The van der Waals surface area contributed by atoms with Gasteiger partial charge in [-0.1, -0.05) is 17.7 Å². The van der Waals surface area contributed by atoms with E-state index < -0.39 is 44.1 Å². The third-order valence-electron chi connectivity index (χ3n) is 3.53. The van der Waals surface area contributed by atoms with Crippen molar-refractivity contribution in [2.45, 2.75) is 22.9 Å². The summed E-state index contributed by atoms with van der Waals surface area (Å²) in [6.45, 7) is 0.827. The van der Waals surface area contributed by atoms with Gasteiger partial charge in [0, 0.05) is 5.02 Å². The van der Waals surface area contributed by atoms with Crippen LogP contribution in [0.3, 0.4) is 0 Å². The van der Waals surface area contributed by atoms with Gasteiger partial charge < -0.3 is 5.11 Å². The summed E-state index contributed by atoms with van der Waals surface area (Å²) in [5.74, 6) is -0.140. The van der Waals surface area contributed by atoms with Crippen molar-refractivity contribution in [2.24, 2.45) is 0 Å². The van der Waals surface area contributed by atoms with Gasteiger partial charge in [0.2, 0.25) is 0 Å². The van der Waals surface area contributed by atoms with Gasteiger partial charge in [0.15, 0.2) is 0 Å². The lowest BCUT2D eigenvalue weighted by atomic mass is 10.1. The maximum absolute atomic E-state index is 13.1. The molecule has 0 aliphatic heterocycles. The molecule has 2 aromatic rings. The second-order valence-electron chi connectivity index (χ2n) is 5.49. The minimum atomic E-state index is -4.71. The minimum absolute atomic E-state index is 0.0557. The molecule has 1 atom stereocenters. The van der Waals surface area contributed by atoms with E-state index in [4.69, 9.17) is 16.7 Å². The summed E-state index contributed by atoms with van der Waals surface area (Å²) in [6, 6.07) is 6.54. The van der Waals surface area contributed by atoms with E-state index in [0.717, 1.165) is 12.1 Å². The quantitative estimate of drug-likeness (QED) is 0.717. The van der Waals surface area contributed by atoms with Crippen LogP contribution in [0.5, 0.6) is 0 Å². The number of aryl methyl sites for hydroxylation is 1. The predicted molar refractivity (Wildman–Crippen MR) is 96.8 cm³/mol. The molecule has 11 heteroatoms. The van der Waals surface area contributed by atoms with Gasteiger partial charge in [-0.15, -0.1) is 0 Å². The molecule has 0 heterocycles. The topological polar surface area (TPSA) is 83.5 Å². The van der Waals surface area contributed by atoms with Gasteiger partial charge in [-0.3, -0.25) is 8.93 Å². The van der Waals surface area contributed by atoms with Gasteiger partial charge in [-0.25, -0.2) is 8.42 Å². The zero-order chi connectivity index (χ0) is 20.4. The molecule has 2 aromatic carbocycles. The number of nitrogens with one attached hydrogen (secondary N) is 1. The molecule has 0 saturated heterocycles. The molecule has 0 fully saturated rings. The average Bonchev–Trinajstić information content (AvgIpc) is 2.53. The molecule has 0 spiro atoms. The van der Waals surface area contributed by atoms with Crippen LogP contribution < -0.4 is 4.72 Å². The first-order chi connectivity index (χ1) is 12.5. The van der Waals surface area contributed by atoms with Crippen LogP contribution in [0.1, 0.15) is 11.1 Å². The molecule has 27 heavy (non-hydrogen) atoms. The van der Waals surface area contributed by atoms with E-state index in [1.807, 2.05) is 0 Å². The highest BCUT2D eigenvalue weighted by Crippen LogP contribution is 2.34. The van der Waals surface area contributed by atoms with Crippen LogP contribution in [0, 0.1) is 6.92 Å². The van der Waals surface area contributed by atoms with Crippen LogP contribution in [0.2, 0.25) is 5.02 Å². The van der Waals surface area contributed by atoms with Crippen molar-refractivity contribution < 1.29 is 30.9 Å². The molecule has 0 aromatic heterocycles. The molecule has 0 saturated carbocycles. The Labute approximate surface area is 161 Å². The number of aliphatic hydroxyl groups excluding tert-OH is 1. The van der Waals surface area contributed by atoms with Crippen molar-refractivity contribution in [3.05, 3.63) is 52.5 Å². The SMILES string of the molecule is Cc1ccc(S(=O)(=O)Nc2cc(Cl)ccc2S(=O)CCO)cc1C(F)(F)F. The molecule has 1 unspecified atom stereocenters. The third kappa shape index (κ3) is 5.22. The Morgan fingerprint density at radius 2 is 1.85 bits per heavy atom. The number of sulfonamides is 1. The van der Waals surface area contributed by atoms with Crippen LogP contribution >= 0.6 is 11.6 Å². The monoisotopic (exact) mass is 441 g/mol. The third-order valence-corrected chi connectivity index (χ3v) is 6.53. The molecule has 0 amide bonds. The van der Waals surface area contributed by atoms with Gasteiger partial charge in [0.25, 0.3) is 10.0 Å². The minimum Gasteiger partial charge on any atom is -0.395 e. The van der Waals surface area contributed by atoms with E-state index in [1.54, 1.807) is 0 Å². The lowest BCUT2D eigenvalue weighted by molar-refractivity contribution is -0.138. The van der Waals surface area contributed by atoms with Gasteiger partial charge in [0.05, 0.1) is 44.2 Å². The molecule has 2 N–H and O–H groups in total. The standard InChI is InChI=1S/C16H15ClF3NO4S2/c1-10-2-4-12(9-13(10)16(18,19)20)27(24,25)21-14-8-11(17)3-5-15(14)26(23)7-6-22/h2-5,8-9,21-22H,6-7H2,1H3. The number of halogens is 4. The van der Waals surface area contributed by atoms with Crippen LogP contribution in [-0.4, -0.2) is 30.1 Å². The van der Waals surface area contributed by atoms with E-state index in [-0.39, 0.29) is 26.9 Å². The lowest BCUT2D eigenvalue weighted by Gasteiger charge is -2.15. The Hall–Kier alpha value is -1.62. The summed E-state index contributed by atoms with van der Waals surface area (Å²) in [4.78, 5) is -0.542. The summed E-state index contributed by atoms with van der Waals surface area (Å²) in [6.07, 6.45) is -4.71. The zero-order valence-electron chi connectivity index (χ0n) is 13.9. The molecule has 148 valence electrons. The second-order valence-corrected chi connectivity index (χ2v) is 9.15. The van der Waals surface area contributed by atoms with Gasteiger partial charge in [-0.2, -0.15) is 13.2 Å². The van der Waals surface area contributed by atoms with E-state index in [9.17, 15) is 25.8 Å². The van der Waals surface area contributed by atoms with E-state index >= 15 is 0 Å². The highest BCUT2D eigenvalue weighted by atomic mass is 35.5. The number of rotatable bonds is 6. The fourth-order valence-corrected chi connectivity index (χ4v) is 4.54. The molecule has 5 nitrogen and oxygen atoms in total. The van der Waals surface area contributed by atoms with Crippen molar-refractivity contribution >= 4 is 38.1 Å². The number of benzene rings is 2. The van der Waals surface area contributed by atoms with Gasteiger partial charge in [-0.05, 0) is 42.8 Å². The summed E-state index contributed by atoms with van der Waals surface area (Å²) in [5.41, 5.74) is -1.32. The number of alkyl halides is 3. The molecule has 0 bridgehead atoms. The van der Waals surface area contributed by atoms with Gasteiger partial charge in [0.1, 0.15) is 0 Å². The average molecular weight is 442 g/mol. The number of aliphatic hydroxyl groups is 1. The van der Waals surface area contributed by atoms with E-state index in [0.29, 0.717) is 6.07 Å². The number of anilines is 1. The summed E-state index contributed by atoms with van der Waals surface area (Å²) >= 11 is 5.85. The van der Waals surface area contributed by atoms with Crippen molar-refractivity contribution in [1.29, 1.82) is 0 Å². The lowest BCUT2D eigenvalue weighted by Crippen LogP contribution is -2.17. The van der Waals surface area contributed by atoms with Crippen LogP contribution in [0.4, 0.5) is 18.9 Å². The first-order valence-corrected chi connectivity index (χ1v) is 10.6. The Bertz CT molecular complexity index is 978. The van der Waals surface area contributed by atoms with Crippen molar-refractivity contribution in [2.75, 3.05) is 17.1 Å². The Kier molecular flexibility index (Phi) is 6.56. The second kappa shape index (κ2) is 8.17. The molecule has 0 aliphatic rings. The molecular weight excluding hydrogens is 427 g/mol. The number of hydrogen-bond donors (Lipinski definition) is 2. The maximum atomic E-state index is 13.1. The smallest absolute Gasteiger partial charge is 0.395 e. The number of hydrogen-bond acceptors (Lipinski definition) is 4. The highest BCUT2D eigenvalue weighted by molar-refractivity contribution is 7.92. The Morgan fingerprint density at radius 3 is 2.44 bits per heavy atom. The normalized spacial score (nSPS) is 13.4. The first kappa shape index (κ1) is 21.7. The molecule has 0 radical (unpaired) electrons. The largest absolute Gasteiger partial charge is 0.416 e. The predicted octanol–water partition coefficient (Wildman–Crippen LogP) is 3.57. The van der Waals surface area contributed by atoms with E-state index in [2.05, 4.69) is 4.72 Å². The summed E-state index contributed by atoms with van der Waals surface area (Å²) in [5, 5.41) is 9.06. The Balaban J connectivity index is 2.49. The molecule has 0 aliphatic carbocycles. The maximum Gasteiger partial charge on any atom is 0.416 e. The highest BCUT2D eigenvalue weighted by Gasteiger charge is 2.33. The van der Waals surface area contributed by atoms with Crippen molar-refractivity contribution in [3.8, 4) is 0 Å². The van der Waals surface area contributed by atoms with Crippen LogP contribution in [0.25, 0.3) is 0 Å². The van der Waals surface area contributed by atoms with E-state index in [1.165, 1.54) is 25.1 Å². The van der Waals surface area contributed by atoms with Crippen molar-refractivity contribution in [1.82, 2.24) is 0 Å². The summed E-state index contributed by atoms with van der Waals surface area (Å²) in [7, 11) is -6.14. The molecular formula is C16H15ClF3NO4S2. The van der Waals surface area contributed by atoms with Crippen LogP contribution in [0.15, 0.2) is 46.2 Å².